The molecule has 116 valence electrons. The standard InChI is InChI=1S/C13H24N2O4S/c1-8-5-15(6-9(2)19-8)10(16)7-20-13(3,4)11(14)12(17)18/h8-9,11H,5-7,14H2,1-4H3,(H,17,18)/t8?,9?,11-/m1/s1. The zero-order chi connectivity index (χ0) is 15.5. The number of carbonyl (C=O) groups excluding carboxylic acids is 1. The zero-order valence-corrected chi connectivity index (χ0v) is 13.3. The van der Waals surface area contributed by atoms with Crippen LogP contribution in [-0.2, 0) is 14.3 Å². The molecule has 1 saturated heterocycles. The molecule has 0 bridgehead atoms. The normalized spacial score (nSPS) is 25.4. The lowest BCUT2D eigenvalue weighted by molar-refractivity contribution is -0.140. The third-order valence-corrected chi connectivity index (χ3v) is 4.74. The van der Waals surface area contributed by atoms with Crippen LogP contribution in [0.1, 0.15) is 27.7 Å². The Labute approximate surface area is 124 Å². The summed E-state index contributed by atoms with van der Waals surface area (Å²) < 4.78 is 4.89. The van der Waals surface area contributed by atoms with E-state index in [4.69, 9.17) is 15.6 Å². The molecule has 7 heteroatoms. The van der Waals surface area contributed by atoms with Crippen molar-refractivity contribution in [2.45, 2.75) is 50.7 Å². The van der Waals surface area contributed by atoms with Crippen LogP contribution in [0.4, 0.5) is 0 Å². The molecule has 1 amide bonds. The predicted octanol–water partition coefficient (Wildman–Crippen LogP) is 0.546. The number of ether oxygens (including phenoxy) is 1. The SMILES string of the molecule is CC1CN(C(=O)CSC(C)(C)[C@H](N)C(=O)O)CC(C)O1. The Bertz CT molecular complexity index is 365. The highest BCUT2D eigenvalue weighted by molar-refractivity contribution is 8.01. The smallest absolute Gasteiger partial charge is 0.321 e. The van der Waals surface area contributed by atoms with Crippen LogP contribution in [0, 0.1) is 0 Å². The fourth-order valence-corrected chi connectivity index (χ4v) is 3.07. The molecular weight excluding hydrogens is 280 g/mol. The molecule has 3 N–H and O–H groups in total. The Hall–Kier alpha value is -0.790. The van der Waals surface area contributed by atoms with Gasteiger partial charge in [-0.15, -0.1) is 11.8 Å². The Balaban J connectivity index is 2.52. The number of carbonyl (C=O) groups is 2. The van der Waals surface area contributed by atoms with Crippen molar-refractivity contribution in [3.63, 3.8) is 0 Å². The minimum absolute atomic E-state index is 0.00247. The van der Waals surface area contributed by atoms with Crippen LogP contribution in [-0.4, -0.2) is 63.7 Å². The van der Waals surface area contributed by atoms with Gasteiger partial charge in [0.1, 0.15) is 6.04 Å². The highest BCUT2D eigenvalue weighted by Crippen LogP contribution is 2.28. The molecule has 0 aromatic carbocycles. The van der Waals surface area contributed by atoms with E-state index in [0.717, 1.165) is 0 Å². The molecule has 0 aliphatic carbocycles. The lowest BCUT2D eigenvalue weighted by Gasteiger charge is -2.36. The second kappa shape index (κ2) is 6.78. The first-order valence-corrected chi connectivity index (χ1v) is 7.67. The Morgan fingerprint density at radius 1 is 1.40 bits per heavy atom. The largest absolute Gasteiger partial charge is 0.480 e. The molecule has 0 radical (unpaired) electrons. The third kappa shape index (κ3) is 4.64. The minimum Gasteiger partial charge on any atom is -0.480 e. The summed E-state index contributed by atoms with van der Waals surface area (Å²) in [6.07, 6.45) is 0.0592. The van der Waals surface area contributed by atoms with Crippen molar-refractivity contribution >= 4 is 23.6 Å². The number of thioether (sulfide) groups is 1. The lowest BCUT2D eigenvalue weighted by Crippen LogP contribution is -2.50. The molecule has 0 spiro atoms. The Morgan fingerprint density at radius 3 is 2.35 bits per heavy atom. The number of aliphatic carboxylic acids is 1. The van der Waals surface area contributed by atoms with E-state index in [1.807, 2.05) is 13.8 Å². The first-order chi connectivity index (χ1) is 9.13. The average Bonchev–Trinajstić information content (AvgIpc) is 2.33. The third-order valence-electron chi connectivity index (χ3n) is 3.35. The topological polar surface area (TPSA) is 92.9 Å². The maximum absolute atomic E-state index is 12.2. The lowest BCUT2D eigenvalue weighted by atomic mass is 10.1. The van der Waals surface area contributed by atoms with Gasteiger partial charge >= 0.3 is 5.97 Å². The van der Waals surface area contributed by atoms with Gasteiger partial charge < -0.3 is 20.5 Å². The number of rotatable bonds is 5. The van der Waals surface area contributed by atoms with Gasteiger partial charge in [0.05, 0.1) is 18.0 Å². The molecule has 1 aliphatic rings. The van der Waals surface area contributed by atoms with Gasteiger partial charge in [-0.3, -0.25) is 9.59 Å². The summed E-state index contributed by atoms with van der Waals surface area (Å²) in [4.78, 5) is 24.9. The van der Waals surface area contributed by atoms with Crippen LogP contribution in [0.5, 0.6) is 0 Å². The van der Waals surface area contributed by atoms with Gasteiger partial charge in [0.25, 0.3) is 0 Å². The van der Waals surface area contributed by atoms with E-state index in [1.54, 1.807) is 18.7 Å². The molecule has 0 aromatic rings. The summed E-state index contributed by atoms with van der Waals surface area (Å²) in [6, 6.07) is -0.997. The molecular formula is C13H24N2O4S. The molecule has 1 fully saturated rings. The first kappa shape index (κ1) is 17.3. The molecule has 20 heavy (non-hydrogen) atoms. The maximum Gasteiger partial charge on any atom is 0.321 e. The van der Waals surface area contributed by atoms with E-state index in [1.165, 1.54) is 11.8 Å². The van der Waals surface area contributed by atoms with Crippen LogP contribution in [0.25, 0.3) is 0 Å². The Kier molecular flexibility index (Phi) is 5.85. The molecule has 3 atom stereocenters. The van der Waals surface area contributed by atoms with Crippen molar-refractivity contribution in [3.8, 4) is 0 Å². The number of hydrogen-bond donors (Lipinski definition) is 2. The molecule has 0 saturated carbocycles. The summed E-state index contributed by atoms with van der Waals surface area (Å²) >= 11 is 1.28. The van der Waals surface area contributed by atoms with E-state index in [0.29, 0.717) is 13.1 Å². The van der Waals surface area contributed by atoms with Gasteiger partial charge in [-0.25, -0.2) is 0 Å². The van der Waals surface area contributed by atoms with Gasteiger partial charge in [0.2, 0.25) is 5.91 Å². The number of carboxylic acid groups (broad SMARTS) is 1. The highest BCUT2D eigenvalue weighted by atomic mass is 32.2. The second-order valence-corrected chi connectivity index (χ2v) is 7.39. The summed E-state index contributed by atoms with van der Waals surface area (Å²) in [7, 11) is 0. The fraction of sp³-hybridized carbons (Fsp3) is 0.846. The van der Waals surface area contributed by atoms with E-state index < -0.39 is 16.8 Å². The van der Waals surface area contributed by atoms with Crippen molar-refractivity contribution in [1.82, 2.24) is 4.90 Å². The summed E-state index contributed by atoms with van der Waals surface area (Å²) in [6.45, 7) is 8.52. The van der Waals surface area contributed by atoms with E-state index in [-0.39, 0.29) is 23.9 Å². The molecule has 0 aromatic heterocycles. The van der Waals surface area contributed by atoms with Crippen LogP contribution in [0.3, 0.4) is 0 Å². The van der Waals surface area contributed by atoms with Crippen LogP contribution in [0.15, 0.2) is 0 Å². The Morgan fingerprint density at radius 2 is 1.90 bits per heavy atom. The fourth-order valence-electron chi connectivity index (χ4n) is 2.11. The van der Waals surface area contributed by atoms with Crippen LogP contribution in [0.2, 0.25) is 0 Å². The van der Waals surface area contributed by atoms with Gasteiger partial charge in [-0.1, -0.05) is 0 Å². The molecule has 2 unspecified atom stereocenters. The van der Waals surface area contributed by atoms with Crippen molar-refractivity contribution in [2.75, 3.05) is 18.8 Å². The molecule has 1 aliphatic heterocycles. The number of hydrogen-bond acceptors (Lipinski definition) is 5. The number of carboxylic acids is 1. The quantitative estimate of drug-likeness (QED) is 0.770. The minimum atomic E-state index is -1.05. The molecule has 6 nitrogen and oxygen atoms in total. The average molecular weight is 304 g/mol. The molecule has 1 rings (SSSR count). The van der Waals surface area contributed by atoms with E-state index >= 15 is 0 Å². The maximum atomic E-state index is 12.2. The van der Waals surface area contributed by atoms with Gasteiger partial charge in [-0.2, -0.15) is 0 Å². The van der Waals surface area contributed by atoms with E-state index in [2.05, 4.69) is 0 Å². The van der Waals surface area contributed by atoms with Crippen molar-refractivity contribution in [1.29, 1.82) is 0 Å². The monoisotopic (exact) mass is 304 g/mol. The van der Waals surface area contributed by atoms with Gasteiger partial charge in [0.15, 0.2) is 0 Å². The van der Waals surface area contributed by atoms with Crippen LogP contribution < -0.4 is 5.73 Å². The van der Waals surface area contributed by atoms with E-state index in [9.17, 15) is 9.59 Å². The second-order valence-electron chi connectivity index (χ2n) is 5.76. The highest BCUT2D eigenvalue weighted by Gasteiger charge is 2.34. The van der Waals surface area contributed by atoms with Crippen molar-refractivity contribution < 1.29 is 19.4 Å². The summed E-state index contributed by atoms with van der Waals surface area (Å²) in [5.74, 6) is -0.820. The number of nitrogens with two attached hydrogens (primary N) is 1. The molecule has 1 heterocycles. The first-order valence-electron chi connectivity index (χ1n) is 6.69. The van der Waals surface area contributed by atoms with Crippen LogP contribution >= 0.6 is 11.8 Å². The summed E-state index contributed by atoms with van der Waals surface area (Å²) in [5.41, 5.74) is 5.64. The summed E-state index contributed by atoms with van der Waals surface area (Å²) in [5, 5.41) is 8.95. The predicted molar refractivity (Wildman–Crippen MR) is 78.7 cm³/mol. The van der Waals surface area contributed by atoms with Crippen molar-refractivity contribution in [3.05, 3.63) is 0 Å². The van der Waals surface area contributed by atoms with Gasteiger partial charge in [0, 0.05) is 17.8 Å². The van der Waals surface area contributed by atoms with Gasteiger partial charge in [-0.05, 0) is 27.7 Å². The number of morpholine rings is 1. The zero-order valence-electron chi connectivity index (χ0n) is 12.5. The number of amides is 1. The van der Waals surface area contributed by atoms with Crippen molar-refractivity contribution in [2.24, 2.45) is 5.73 Å². The number of nitrogens with zero attached hydrogens (tertiary/aromatic N) is 1.